The second-order valence-electron chi connectivity index (χ2n) is 2.78. The molecule has 1 amide bonds. The Morgan fingerprint density at radius 2 is 2.31 bits per heavy atom. The third kappa shape index (κ3) is 3.15. The van der Waals surface area contributed by atoms with Crippen LogP contribution in [0.2, 0.25) is 0 Å². The average molecular weight is 179 g/mol. The molecule has 1 rings (SSSR count). The van der Waals surface area contributed by atoms with Crippen LogP contribution in [0.3, 0.4) is 0 Å². The van der Waals surface area contributed by atoms with Crippen LogP contribution in [-0.4, -0.2) is 19.6 Å². The van der Waals surface area contributed by atoms with Gasteiger partial charge in [0, 0.05) is 7.05 Å². The molecule has 0 bridgehead atoms. The van der Waals surface area contributed by atoms with Crippen molar-refractivity contribution in [2.75, 3.05) is 13.7 Å². The van der Waals surface area contributed by atoms with Gasteiger partial charge in [0.25, 0.3) is 5.91 Å². The maximum Gasteiger partial charge on any atom is 0.257 e. The summed E-state index contributed by atoms with van der Waals surface area (Å²) in [4.78, 5) is 10.8. The molecule has 0 spiro atoms. The topological polar surface area (TPSA) is 38.3 Å². The Balaban J connectivity index is 2.50. The van der Waals surface area contributed by atoms with E-state index in [4.69, 9.17) is 4.74 Å². The van der Waals surface area contributed by atoms with E-state index in [0.29, 0.717) is 0 Å². The van der Waals surface area contributed by atoms with E-state index in [1.165, 1.54) is 0 Å². The lowest BCUT2D eigenvalue weighted by Gasteiger charge is -2.04. The zero-order valence-corrected chi connectivity index (χ0v) is 7.83. The smallest absolute Gasteiger partial charge is 0.257 e. The lowest BCUT2D eigenvalue weighted by molar-refractivity contribution is -0.122. The Hall–Kier alpha value is -1.51. The molecule has 0 saturated heterocycles. The summed E-state index contributed by atoms with van der Waals surface area (Å²) in [6.07, 6.45) is 0. The number of likely N-dealkylation sites (N-methyl/N-ethyl adjacent to an activating group) is 1. The highest BCUT2D eigenvalue weighted by Crippen LogP contribution is 2.11. The van der Waals surface area contributed by atoms with Crippen molar-refractivity contribution in [1.82, 2.24) is 5.32 Å². The first kappa shape index (κ1) is 9.58. The summed E-state index contributed by atoms with van der Waals surface area (Å²) in [6, 6.07) is 7.60. The van der Waals surface area contributed by atoms with E-state index in [0.717, 1.165) is 11.3 Å². The van der Waals surface area contributed by atoms with Gasteiger partial charge in [-0.2, -0.15) is 0 Å². The van der Waals surface area contributed by atoms with E-state index in [2.05, 4.69) is 5.32 Å². The summed E-state index contributed by atoms with van der Waals surface area (Å²) in [6.45, 7) is 2.05. The van der Waals surface area contributed by atoms with Gasteiger partial charge in [0.2, 0.25) is 0 Å². The van der Waals surface area contributed by atoms with Crippen LogP contribution >= 0.6 is 0 Å². The molecular weight excluding hydrogens is 166 g/mol. The standard InChI is InChI=1S/C10H13NO2/c1-8-4-3-5-9(6-8)13-7-10(12)11-2/h3-6H,7H2,1-2H3,(H,11,12). The zero-order valence-electron chi connectivity index (χ0n) is 7.83. The average Bonchev–Trinajstić information content (AvgIpc) is 2.14. The second kappa shape index (κ2) is 4.50. The highest BCUT2D eigenvalue weighted by atomic mass is 16.5. The number of hydrogen-bond donors (Lipinski definition) is 1. The van der Waals surface area contributed by atoms with E-state index >= 15 is 0 Å². The van der Waals surface area contributed by atoms with Gasteiger partial charge in [-0.25, -0.2) is 0 Å². The molecule has 0 unspecified atom stereocenters. The first-order valence-electron chi connectivity index (χ1n) is 4.12. The molecule has 3 heteroatoms. The van der Waals surface area contributed by atoms with E-state index in [1.807, 2.05) is 31.2 Å². The quantitative estimate of drug-likeness (QED) is 0.755. The van der Waals surface area contributed by atoms with Gasteiger partial charge in [0.1, 0.15) is 5.75 Å². The Kier molecular flexibility index (Phi) is 3.31. The maximum absolute atomic E-state index is 10.8. The number of amides is 1. The Labute approximate surface area is 77.7 Å². The highest BCUT2D eigenvalue weighted by Gasteiger charge is 1.98. The number of hydrogen-bond acceptors (Lipinski definition) is 2. The van der Waals surface area contributed by atoms with Crippen molar-refractivity contribution >= 4 is 5.91 Å². The van der Waals surface area contributed by atoms with Gasteiger partial charge < -0.3 is 10.1 Å². The van der Waals surface area contributed by atoms with Crippen LogP contribution in [0.25, 0.3) is 0 Å². The number of aryl methyl sites for hydroxylation is 1. The molecule has 3 nitrogen and oxygen atoms in total. The number of carbonyl (C=O) groups is 1. The number of carbonyl (C=O) groups excluding carboxylic acids is 1. The van der Waals surface area contributed by atoms with Gasteiger partial charge in [-0.05, 0) is 24.6 Å². The molecule has 0 aliphatic heterocycles. The zero-order chi connectivity index (χ0) is 9.68. The molecule has 0 saturated carbocycles. The van der Waals surface area contributed by atoms with Gasteiger partial charge >= 0.3 is 0 Å². The number of benzene rings is 1. The molecule has 0 aliphatic rings. The first-order valence-corrected chi connectivity index (χ1v) is 4.12. The molecule has 0 aliphatic carbocycles. The van der Waals surface area contributed by atoms with Gasteiger partial charge in [0.05, 0.1) is 0 Å². The molecule has 13 heavy (non-hydrogen) atoms. The van der Waals surface area contributed by atoms with Crippen molar-refractivity contribution in [3.63, 3.8) is 0 Å². The van der Waals surface area contributed by atoms with Crippen LogP contribution in [0.5, 0.6) is 5.75 Å². The lowest BCUT2D eigenvalue weighted by atomic mass is 10.2. The van der Waals surface area contributed by atoms with Crippen LogP contribution in [0.15, 0.2) is 24.3 Å². The van der Waals surface area contributed by atoms with Crippen molar-refractivity contribution in [2.24, 2.45) is 0 Å². The SMILES string of the molecule is CNC(=O)COc1cccc(C)c1. The van der Waals surface area contributed by atoms with Crippen molar-refractivity contribution < 1.29 is 9.53 Å². The second-order valence-corrected chi connectivity index (χ2v) is 2.78. The van der Waals surface area contributed by atoms with Crippen molar-refractivity contribution in [2.45, 2.75) is 6.92 Å². The Morgan fingerprint density at radius 1 is 1.54 bits per heavy atom. The largest absolute Gasteiger partial charge is 0.484 e. The Morgan fingerprint density at radius 3 is 2.92 bits per heavy atom. The summed E-state index contributed by atoms with van der Waals surface area (Å²) in [5, 5.41) is 2.49. The molecule has 0 radical (unpaired) electrons. The molecule has 0 atom stereocenters. The summed E-state index contributed by atoms with van der Waals surface area (Å²) < 4.78 is 5.23. The lowest BCUT2D eigenvalue weighted by Crippen LogP contribution is -2.24. The molecule has 0 fully saturated rings. The summed E-state index contributed by atoms with van der Waals surface area (Å²) >= 11 is 0. The predicted molar refractivity (Wildman–Crippen MR) is 50.7 cm³/mol. The fourth-order valence-electron chi connectivity index (χ4n) is 0.926. The molecule has 0 aromatic heterocycles. The summed E-state index contributed by atoms with van der Waals surface area (Å²) in [5.41, 5.74) is 1.12. The molecule has 70 valence electrons. The number of ether oxygens (including phenoxy) is 1. The van der Waals surface area contributed by atoms with E-state index in [1.54, 1.807) is 7.05 Å². The predicted octanol–water partition coefficient (Wildman–Crippen LogP) is 1.12. The molecule has 1 aromatic rings. The third-order valence-corrected chi connectivity index (χ3v) is 1.64. The van der Waals surface area contributed by atoms with E-state index < -0.39 is 0 Å². The molecule has 1 aromatic carbocycles. The van der Waals surface area contributed by atoms with E-state index in [-0.39, 0.29) is 12.5 Å². The van der Waals surface area contributed by atoms with Crippen molar-refractivity contribution in [3.8, 4) is 5.75 Å². The van der Waals surface area contributed by atoms with Crippen molar-refractivity contribution in [1.29, 1.82) is 0 Å². The number of nitrogens with one attached hydrogen (secondary N) is 1. The minimum atomic E-state index is -0.124. The van der Waals surface area contributed by atoms with Crippen LogP contribution in [0, 0.1) is 6.92 Å². The molecule has 0 heterocycles. The minimum Gasteiger partial charge on any atom is -0.484 e. The summed E-state index contributed by atoms with van der Waals surface area (Å²) in [5.74, 6) is 0.602. The summed E-state index contributed by atoms with van der Waals surface area (Å²) in [7, 11) is 1.59. The van der Waals surface area contributed by atoms with E-state index in [9.17, 15) is 4.79 Å². The van der Waals surface area contributed by atoms with Gasteiger partial charge in [-0.15, -0.1) is 0 Å². The van der Waals surface area contributed by atoms with Crippen LogP contribution in [-0.2, 0) is 4.79 Å². The highest BCUT2D eigenvalue weighted by molar-refractivity contribution is 5.77. The fourth-order valence-corrected chi connectivity index (χ4v) is 0.926. The monoisotopic (exact) mass is 179 g/mol. The van der Waals surface area contributed by atoms with Gasteiger partial charge in [-0.3, -0.25) is 4.79 Å². The first-order chi connectivity index (χ1) is 6.22. The van der Waals surface area contributed by atoms with Crippen LogP contribution in [0.4, 0.5) is 0 Å². The molecular formula is C10H13NO2. The van der Waals surface area contributed by atoms with Gasteiger partial charge in [0.15, 0.2) is 6.61 Å². The van der Waals surface area contributed by atoms with Gasteiger partial charge in [-0.1, -0.05) is 12.1 Å². The Bertz CT molecular complexity index is 297. The third-order valence-electron chi connectivity index (χ3n) is 1.64. The van der Waals surface area contributed by atoms with Crippen molar-refractivity contribution in [3.05, 3.63) is 29.8 Å². The maximum atomic E-state index is 10.8. The number of rotatable bonds is 3. The minimum absolute atomic E-state index is 0.0694. The normalized spacial score (nSPS) is 9.38. The molecule has 1 N–H and O–H groups in total. The van der Waals surface area contributed by atoms with Crippen LogP contribution < -0.4 is 10.1 Å². The fraction of sp³-hybridized carbons (Fsp3) is 0.300. The van der Waals surface area contributed by atoms with Crippen LogP contribution in [0.1, 0.15) is 5.56 Å².